The van der Waals surface area contributed by atoms with Gasteiger partial charge in [-0.1, -0.05) is 0 Å². The van der Waals surface area contributed by atoms with Crippen LogP contribution in [0.2, 0.25) is 0 Å². The van der Waals surface area contributed by atoms with Crippen LogP contribution in [0.3, 0.4) is 0 Å². The largest absolute Gasteiger partial charge is 0.477 e. The Morgan fingerprint density at radius 2 is 2.29 bits per heavy atom. The van der Waals surface area contributed by atoms with Crippen LogP contribution >= 0.6 is 0 Å². The van der Waals surface area contributed by atoms with E-state index in [1.54, 1.807) is 7.05 Å². The topological polar surface area (TPSA) is 104 Å². The summed E-state index contributed by atoms with van der Waals surface area (Å²) in [5.41, 5.74) is -1.93. The van der Waals surface area contributed by atoms with Gasteiger partial charge in [0.2, 0.25) is 0 Å². The monoisotopic (exact) mass is 199 g/mol. The van der Waals surface area contributed by atoms with Gasteiger partial charge in [0, 0.05) is 6.20 Å². The number of rotatable bonds is 3. The molecule has 0 aliphatic carbocycles. The Morgan fingerprint density at radius 3 is 2.79 bits per heavy atom. The highest BCUT2D eigenvalue weighted by Gasteiger charge is 2.12. The second-order valence-corrected chi connectivity index (χ2v) is 2.56. The molecule has 0 saturated heterocycles. The third kappa shape index (κ3) is 1.72. The maximum atomic E-state index is 11.3. The second-order valence-electron chi connectivity index (χ2n) is 2.56. The van der Waals surface area contributed by atoms with E-state index in [1.165, 1.54) is 0 Å². The van der Waals surface area contributed by atoms with E-state index in [0.29, 0.717) is 0 Å². The number of carboxylic acids is 1. The minimum Gasteiger partial charge on any atom is -0.477 e. The fraction of sp³-hybridized carbons (Fsp3) is 0.286. The quantitative estimate of drug-likeness (QED) is 0.544. The molecule has 0 spiro atoms. The van der Waals surface area contributed by atoms with E-state index in [4.69, 9.17) is 5.11 Å². The summed E-state index contributed by atoms with van der Waals surface area (Å²) in [4.78, 5) is 35.1. The third-order valence-electron chi connectivity index (χ3n) is 1.61. The van der Waals surface area contributed by atoms with Crippen LogP contribution in [-0.4, -0.2) is 27.7 Å². The first kappa shape index (κ1) is 10.2. The van der Waals surface area contributed by atoms with Crippen LogP contribution in [-0.2, 0) is 6.67 Å². The minimum atomic E-state index is -1.36. The predicted octanol–water partition coefficient (Wildman–Crippen LogP) is -1.59. The summed E-state index contributed by atoms with van der Waals surface area (Å²) in [6, 6.07) is 0. The predicted molar refractivity (Wildman–Crippen MR) is 47.3 cm³/mol. The maximum Gasteiger partial charge on any atom is 0.342 e. The molecule has 0 radical (unpaired) electrons. The molecule has 7 nitrogen and oxygen atoms in total. The van der Waals surface area contributed by atoms with Crippen molar-refractivity contribution in [2.45, 2.75) is 6.67 Å². The summed E-state index contributed by atoms with van der Waals surface area (Å²) >= 11 is 0. The zero-order valence-electron chi connectivity index (χ0n) is 7.40. The van der Waals surface area contributed by atoms with Crippen LogP contribution in [0.15, 0.2) is 15.8 Å². The van der Waals surface area contributed by atoms with Gasteiger partial charge in [0.15, 0.2) is 0 Å². The van der Waals surface area contributed by atoms with Crippen molar-refractivity contribution >= 4 is 5.97 Å². The van der Waals surface area contributed by atoms with E-state index < -0.39 is 22.8 Å². The summed E-state index contributed by atoms with van der Waals surface area (Å²) in [6.45, 7) is -0.0325. The summed E-state index contributed by atoms with van der Waals surface area (Å²) in [5.74, 6) is -1.36. The van der Waals surface area contributed by atoms with E-state index in [2.05, 4.69) is 10.3 Å². The third-order valence-corrected chi connectivity index (χ3v) is 1.61. The lowest BCUT2D eigenvalue weighted by Crippen LogP contribution is -2.40. The number of aromatic carboxylic acids is 1. The molecule has 0 aromatic carbocycles. The van der Waals surface area contributed by atoms with Crippen molar-refractivity contribution in [2.24, 2.45) is 0 Å². The van der Waals surface area contributed by atoms with Crippen LogP contribution in [0.1, 0.15) is 10.4 Å². The molecule has 3 N–H and O–H groups in total. The van der Waals surface area contributed by atoms with E-state index >= 15 is 0 Å². The lowest BCUT2D eigenvalue weighted by molar-refractivity contribution is 0.0693. The molecule has 0 aliphatic rings. The highest BCUT2D eigenvalue weighted by Crippen LogP contribution is 1.84. The molecule has 7 heteroatoms. The highest BCUT2D eigenvalue weighted by atomic mass is 16.4. The van der Waals surface area contributed by atoms with Gasteiger partial charge in [-0.25, -0.2) is 14.2 Å². The van der Waals surface area contributed by atoms with Gasteiger partial charge >= 0.3 is 11.7 Å². The molecule has 1 aromatic rings. The average molecular weight is 199 g/mol. The first-order valence-corrected chi connectivity index (χ1v) is 3.78. The Hall–Kier alpha value is -1.89. The van der Waals surface area contributed by atoms with Gasteiger partial charge < -0.3 is 15.4 Å². The lowest BCUT2D eigenvalue weighted by Gasteiger charge is -2.02. The number of nitrogens with one attached hydrogen (secondary N) is 2. The fourth-order valence-electron chi connectivity index (χ4n) is 0.966. The molecule has 1 aromatic heterocycles. The van der Waals surface area contributed by atoms with Gasteiger partial charge in [-0.3, -0.25) is 4.79 Å². The molecule has 0 aliphatic heterocycles. The number of aromatic nitrogens is 2. The molecule has 1 rings (SSSR count). The van der Waals surface area contributed by atoms with Crippen molar-refractivity contribution < 1.29 is 9.90 Å². The highest BCUT2D eigenvalue weighted by molar-refractivity contribution is 5.86. The van der Waals surface area contributed by atoms with E-state index in [1.807, 2.05) is 0 Å². The zero-order chi connectivity index (χ0) is 10.7. The molecule has 76 valence electrons. The molecular formula is C7H9N3O4. The van der Waals surface area contributed by atoms with Crippen LogP contribution in [0, 0.1) is 0 Å². The average Bonchev–Trinajstić information content (AvgIpc) is 2.11. The number of carbonyl (C=O) groups is 1. The number of hydrogen-bond donors (Lipinski definition) is 3. The number of nitrogens with zero attached hydrogens (tertiary/aromatic N) is 1. The molecule has 0 amide bonds. The van der Waals surface area contributed by atoms with Crippen LogP contribution < -0.4 is 16.6 Å². The maximum absolute atomic E-state index is 11.3. The van der Waals surface area contributed by atoms with E-state index in [0.717, 1.165) is 10.8 Å². The summed E-state index contributed by atoms with van der Waals surface area (Å²) < 4.78 is 0.767. The SMILES string of the molecule is CNCn1c(=O)[nH]cc(C(=O)O)c1=O. The van der Waals surface area contributed by atoms with Gasteiger partial charge in [0.25, 0.3) is 5.56 Å². The first-order chi connectivity index (χ1) is 6.57. The number of carboxylic acid groups (broad SMARTS) is 1. The van der Waals surface area contributed by atoms with Gasteiger partial charge in [-0.2, -0.15) is 0 Å². The van der Waals surface area contributed by atoms with E-state index in [9.17, 15) is 14.4 Å². The molecule has 0 atom stereocenters. The second kappa shape index (κ2) is 3.88. The molecule has 0 unspecified atom stereocenters. The summed E-state index contributed by atoms with van der Waals surface area (Å²) in [6.07, 6.45) is 0.888. The first-order valence-electron chi connectivity index (χ1n) is 3.78. The molecule has 0 saturated carbocycles. The number of hydrogen-bond acceptors (Lipinski definition) is 4. The van der Waals surface area contributed by atoms with Crippen molar-refractivity contribution in [3.8, 4) is 0 Å². The Labute approximate surface area is 78.0 Å². The molecular weight excluding hydrogens is 190 g/mol. The zero-order valence-corrected chi connectivity index (χ0v) is 7.40. The minimum absolute atomic E-state index is 0.0325. The van der Waals surface area contributed by atoms with Crippen molar-refractivity contribution in [3.63, 3.8) is 0 Å². The van der Waals surface area contributed by atoms with Crippen molar-refractivity contribution in [1.29, 1.82) is 0 Å². The van der Waals surface area contributed by atoms with Gasteiger partial charge in [0.1, 0.15) is 5.56 Å². The molecule has 0 fully saturated rings. The Balaban J connectivity index is 3.42. The Bertz CT molecular complexity index is 459. The molecule has 0 bridgehead atoms. The van der Waals surface area contributed by atoms with Crippen LogP contribution in [0.5, 0.6) is 0 Å². The Kier molecular flexibility index (Phi) is 2.82. The van der Waals surface area contributed by atoms with Gasteiger partial charge in [-0.05, 0) is 7.05 Å². The van der Waals surface area contributed by atoms with Gasteiger partial charge in [0.05, 0.1) is 6.67 Å². The summed E-state index contributed by atoms with van der Waals surface area (Å²) in [5, 5.41) is 11.2. The Morgan fingerprint density at radius 1 is 1.64 bits per heavy atom. The summed E-state index contributed by atoms with van der Waals surface area (Å²) in [7, 11) is 1.54. The van der Waals surface area contributed by atoms with E-state index in [-0.39, 0.29) is 6.67 Å². The molecule has 1 heterocycles. The van der Waals surface area contributed by atoms with Crippen LogP contribution in [0.25, 0.3) is 0 Å². The number of aromatic amines is 1. The fourth-order valence-corrected chi connectivity index (χ4v) is 0.966. The van der Waals surface area contributed by atoms with Crippen molar-refractivity contribution in [2.75, 3.05) is 7.05 Å². The van der Waals surface area contributed by atoms with Crippen LogP contribution in [0.4, 0.5) is 0 Å². The normalized spacial score (nSPS) is 10.1. The standard InChI is InChI=1S/C7H9N3O4/c1-8-3-10-5(11)4(6(12)13)2-9-7(10)14/h2,8H,3H2,1H3,(H,9,14)(H,12,13). The lowest BCUT2D eigenvalue weighted by atomic mass is 10.3. The molecule has 14 heavy (non-hydrogen) atoms. The van der Waals surface area contributed by atoms with Crippen molar-refractivity contribution in [3.05, 3.63) is 32.6 Å². The van der Waals surface area contributed by atoms with Crippen molar-refractivity contribution in [1.82, 2.24) is 14.9 Å². The van der Waals surface area contributed by atoms with Gasteiger partial charge in [-0.15, -0.1) is 0 Å². The smallest absolute Gasteiger partial charge is 0.342 e. The number of H-pyrrole nitrogens is 1.